The zero-order chi connectivity index (χ0) is 18.9. The van der Waals surface area contributed by atoms with E-state index in [1.807, 2.05) is 0 Å². The Bertz CT molecular complexity index is 892. The lowest BCUT2D eigenvalue weighted by molar-refractivity contribution is -0.384. The topological polar surface area (TPSA) is 87.9 Å². The maximum Gasteiger partial charge on any atom is 0.530 e. The summed E-state index contributed by atoms with van der Waals surface area (Å²) in [6, 6.07) is 8.10. The second-order valence-corrected chi connectivity index (χ2v) is 8.06. The van der Waals surface area contributed by atoms with Crippen LogP contribution in [-0.2, 0) is 13.6 Å². The molecule has 1 fully saturated rings. The summed E-state index contributed by atoms with van der Waals surface area (Å²) in [6.45, 7) is 0.0926. The Morgan fingerprint density at radius 3 is 2.54 bits per heavy atom. The third kappa shape index (κ3) is 4.31. The number of nitro benzene ring substituents is 1. The van der Waals surface area contributed by atoms with Crippen LogP contribution in [0.4, 0.5) is 5.69 Å². The van der Waals surface area contributed by atoms with Gasteiger partial charge in [-0.05, 0) is 24.3 Å². The van der Waals surface area contributed by atoms with Gasteiger partial charge in [0.05, 0.1) is 27.7 Å². The van der Waals surface area contributed by atoms with Crippen LogP contribution in [0.5, 0.6) is 5.75 Å². The van der Waals surface area contributed by atoms with E-state index in [0.717, 1.165) is 0 Å². The summed E-state index contributed by atoms with van der Waals surface area (Å²) in [5.41, 5.74) is 0.347. The molecule has 11 heteroatoms. The molecular weight excluding hydrogens is 427 g/mol. The Morgan fingerprint density at radius 1 is 1.19 bits per heavy atom. The number of benzene rings is 2. The SMILES string of the molecule is O=[N+]([O-])c1ccc(O[P@]2(=O)OCC[C@@H](c3cc(Cl)cc(Cl)c3Cl)O2)cc1. The molecule has 0 unspecified atom stereocenters. The molecule has 7 nitrogen and oxygen atoms in total. The molecule has 0 N–H and O–H groups in total. The lowest BCUT2D eigenvalue weighted by atomic mass is 10.1. The Morgan fingerprint density at radius 2 is 1.88 bits per heavy atom. The van der Waals surface area contributed by atoms with Crippen molar-refractivity contribution in [3.05, 3.63) is 67.1 Å². The molecule has 2 atom stereocenters. The molecule has 0 aliphatic carbocycles. The lowest BCUT2D eigenvalue weighted by Gasteiger charge is -2.29. The molecular formula is C15H11Cl3NO6P. The molecule has 0 amide bonds. The van der Waals surface area contributed by atoms with E-state index < -0.39 is 18.8 Å². The largest absolute Gasteiger partial charge is 0.530 e. The summed E-state index contributed by atoms with van der Waals surface area (Å²) in [4.78, 5) is 10.1. The quantitative estimate of drug-likeness (QED) is 0.244. The third-order valence-corrected chi connectivity index (χ3v) is 6.00. The van der Waals surface area contributed by atoms with Crippen molar-refractivity contribution in [1.82, 2.24) is 0 Å². The zero-order valence-corrected chi connectivity index (χ0v) is 16.1. The van der Waals surface area contributed by atoms with Crippen LogP contribution < -0.4 is 4.52 Å². The van der Waals surface area contributed by atoms with Crippen molar-refractivity contribution in [3.63, 3.8) is 0 Å². The predicted molar refractivity (Wildman–Crippen MR) is 97.2 cm³/mol. The van der Waals surface area contributed by atoms with Gasteiger partial charge < -0.3 is 4.52 Å². The average Bonchev–Trinajstić information content (AvgIpc) is 2.58. The third-order valence-electron chi connectivity index (χ3n) is 3.52. The number of non-ortho nitro benzene ring substituents is 1. The first-order chi connectivity index (χ1) is 12.3. The predicted octanol–water partition coefficient (Wildman–Crippen LogP) is 6.22. The number of hydrogen-bond acceptors (Lipinski definition) is 6. The van der Waals surface area contributed by atoms with Gasteiger partial charge in [0.1, 0.15) is 5.75 Å². The molecule has 26 heavy (non-hydrogen) atoms. The summed E-state index contributed by atoms with van der Waals surface area (Å²) < 4.78 is 28.8. The van der Waals surface area contributed by atoms with Gasteiger partial charge in [0.2, 0.25) is 0 Å². The molecule has 1 saturated heterocycles. The van der Waals surface area contributed by atoms with E-state index in [2.05, 4.69) is 0 Å². The smallest absolute Gasteiger partial charge is 0.404 e. The Balaban J connectivity index is 1.81. The molecule has 1 heterocycles. The van der Waals surface area contributed by atoms with Gasteiger partial charge in [0.15, 0.2) is 0 Å². The normalized spacial score (nSPS) is 22.8. The number of nitro groups is 1. The average molecular weight is 439 g/mol. The highest BCUT2D eigenvalue weighted by atomic mass is 35.5. The van der Waals surface area contributed by atoms with E-state index in [9.17, 15) is 14.7 Å². The number of nitrogens with zero attached hydrogens (tertiary/aromatic N) is 1. The summed E-state index contributed by atoms with van der Waals surface area (Å²) in [5, 5.41) is 11.5. The minimum absolute atomic E-state index is 0.0926. The van der Waals surface area contributed by atoms with Crippen LogP contribution in [0.1, 0.15) is 18.1 Å². The molecule has 0 spiro atoms. The summed E-state index contributed by atoms with van der Waals surface area (Å²) in [5.74, 6) is 0.106. The Labute approximate surface area is 163 Å². The summed E-state index contributed by atoms with van der Waals surface area (Å²) in [6.07, 6.45) is -0.333. The van der Waals surface area contributed by atoms with E-state index in [4.69, 9.17) is 48.4 Å². The molecule has 1 aliphatic heterocycles. The second kappa shape index (κ2) is 7.72. The van der Waals surface area contributed by atoms with E-state index >= 15 is 0 Å². The number of rotatable bonds is 4. The molecule has 2 aromatic rings. The van der Waals surface area contributed by atoms with Crippen LogP contribution >= 0.6 is 42.6 Å². The molecule has 0 radical (unpaired) electrons. The van der Waals surface area contributed by atoms with E-state index in [0.29, 0.717) is 17.0 Å². The van der Waals surface area contributed by atoms with Gasteiger partial charge in [-0.15, -0.1) is 0 Å². The highest BCUT2D eigenvalue weighted by molar-refractivity contribution is 7.49. The fourth-order valence-corrected chi connectivity index (χ4v) is 4.47. The fraction of sp³-hybridized carbons (Fsp3) is 0.200. The summed E-state index contributed by atoms with van der Waals surface area (Å²) >= 11 is 18.2. The maximum atomic E-state index is 12.8. The molecule has 1 aliphatic rings. The van der Waals surface area contributed by atoms with Crippen molar-refractivity contribution in [2.45, 2.75) is 12.5 Å². The lowest BCUT2D eigenvalue weighted by Crippen LogP contribution is -2.17. The number of phosphoric acid groups is 1. The zero-order valence-electron chi connectivity index (χ0n) is 12.9. The van der Waals surface area contributed by atoms with Gasteiger partial charge in [-0.25, -0.2) is 4.57 Å². The van der Waals surface area contributed by atoms with Crippen LogP contribution in [0.3, 0.4) is 0 Å². The molecule has 0 saturated carbocycles. The molecule has 0 bridgehead atoms. The molecule has 3 rings (SSSR count). The van der Waals surface area contributed by atoms with E-state index in [1.54, 1.807) is 6.07 Å². The monoisotopic (exact) mass is 437 g/mol. The van der Waals surface area contributed by atoms with Crippen LogP contribution in [0, 0.1) is 10.1 Å². The van der Waals surface area contributed by atoms with Crippen LogP contribution in [0.15, 0.2) is 36.4 Å². The number of halogens is 3. The first-order valence-electron chi connectivity index (χ1n) is 7.29. The molecule has 0 aromatic heterocycles. The minimum atomic E-state index is -3.96. The standard InChI is InChI=1S/C15H11Cl3NO6P/c16-9-7-12(15(18)13(17)8-9)14-5-6-23-26(22,25-14)24-11-3-1-10(2-4-11)19(20)21/h1-4,7-8,14H,5-6H2/t14-,26-/m0/s1. The first-order valence-corrected chi connectivity index (χ1v) is 9.88. The number of hydrogen-bond donors (Lipinski definition) is 0. The Kier molecular flexibility index (Phi) is 5.77. The van der Waals surface area contributed by atoms with Gasteiger partial charge in [-0.3, -0.25) is 19.2 Å². The van der Waals surface area contributed by atoms with Gasteiger partial charge in [0, 0.05) is 29.1 Å². The molecule has 2 aromatic carbocycles. The van der Waals surface area contributed by atoms with Gasteiger partial charge in [0.25, 0.3) is 5.69 Å². The van der Waals surface area contributed by atoms with Crippen LogP contribution in [-0.4, -0.2) is 11.5 Å². The maximum absolute atomic E-state index is 12.8. The van der Waals surface area contributed by atoms with Crippen molar-refractivity contribution in [2.75, 3.05) is 6.61 Å². The van der Waals surface area contributed by atoms with E-state index in [-0.39, 0.29) is 28.1 Å². The second-order valence-electron chi connectivity index (χ2n) is 5.30. The van der Waals surface area contributed by atoms with E-state index in [1.165, 1.54) is 30.3 Å². The van der Waals surface area contributed by atoms with Crippen LogP contribution in [0.25, 0.3) is 0 Å². The van der Waals surface area contributed by atoms with Crippen molar-refractivity contribution in [3.8, 4) is 5.75 Å². The highest BCUT2D eigenvalue weighted by Crippen LogP contribution is 2.57. The Hall–Kier alpha value is -1.34. The minimum Gasteiger partial charge on any atom is -0.404 e. The highest BCUT2D eigenvalue weighted by Gasteiger charge is 2.38. The van der Waals surface area contributed by atoms with Crippen molar-refractivity contribution in [2.24, 2.45) is 0 Å². The fourth-order valence-electron chi connectivity index (χ4n) is 2.34. The summed E-state index contributed by atoms with van der Waals surface area (Å²) in [7, 11) is -3.96. The van der Waals surface area contributed by atoms with Gasteiger partial charge in [-0.1, -0.05) is 34.8 Å². The van der Waals surface area contributed by atoms with Crippen molar-refractivity contribution in [1.29, 1.82) is 0 Å². The molecule has 138 valence electrons. The van der Waals surface area contributed by atoms with Gasteiger partial charge >= 0.3 is 7.82 Å². The number of phosphoric ester groups is 1. The first kappa shape index (κ1) is 19.4. The van der Waals surface area contributed by atoms with Crippen LogP contribution in [0.2, 0.25) is 15.1 Å². The van der Waals surface area contributed by atoms with Gasteiger partial charge in [-0.2, -0.15) is 0 Å². The van der Waals surface area contributed by atoms with Crippen molar-refractivity contribution >= 4 is 48.3 Å². The van der Waals surface area contributed by atoms with Crippen molar-refractivity contribution < 1.29 is 23.1 Å².